The number of hydrogen-bond acceptors (Lipinski definition) is 3. The first kappa shape index (κ1) is 13.5. The average molecular weight is 246 g/mol. The second-order valence-electron chi connectivity index (χ2n) is 3.11. The number of benzene rings is 2. The Balaban J connectivity index is 0.00000128. The van der Waals surface area contributed by atoms with Gasteiger partial charge in [0.15, 0.2) is 0 Å². The van der Waals surface area contributed by atoms with Gasteiger partial charge in [0.05, 0.1) is 0 Å². The van der Waals surface area contributed by atoms with Crippen molar-refractivity contribution in [2.75, 3.05) is 0 Å². The summed E-state index contributed by atoms with van der Waals surface area (Å²) in [4.78, 5) is -0.238. The van der Waals surface area contributed by atoms with Crippen molar-refractivity contribution in [3.63, 3.8) is 0 Å². The maximum atomic E-state index is 11.1. The normalized spacial score (nSPS) is 11.1. The third kappa shape index (κ3) is 2.56. The van der Waals surface area contributed by atoms with Crippen molar-refractivity contribution in [2.24, 2.45) is 0 Å². The van der Waals surface area contributed by atoms with Crippen molar-refractivity contribution in [3.05, 3.63) is 36.4 Å². The van der Waals surface area contributed by atoms with E-state index >= 15 is 0 Å². The van der Waals surface area contributed by atoms with Crippen LogP contribution >= 0.6 is 0 Å². The van der Waals surface area contributed by atoms with E-state index in [4.69, 9.17) is 4.55 Å². The molecule has 1 N–H and O–H groups in total. The Morgan fingerprint density at radius 2 is 1.81 bits per heavy atom. The van der Waals surface area contributed by atoms with E-state index in [0.29, 0.717) is 5.39 Å². The van der Waals surface area contributed by atoms with Crippen LogP contribution in [-0.2, 0) is 10.1 Å². The molecule has 0 fully saturated rings. The van der Waals surface area contributed by atoms with E-state index in [-0.39, 0.29) is 45.6 Å². The molecule has 0 saturated carbocycles. The van der Waals surface area contributed by atoms with E-state index in [1.807, 2.05) is 0 Å². The molecular formula is C10H7NaO4S. The quantitative estimate of drug-likeness (QED) is 0.474. The fraction of sp³-hybridized carbons (Fsp3) is 0. The van der Waals surface area contributed by atoms with E-state index in [9.17, 15) is 13.5 Å². The van der Waals surface area contributed by atoms with Gasteiger partial charge in [-0.15, -0.1) is 5.75 Å². The van der Waals surface area contributed by atoms with Crippen molar-refractivity contribution < 1.29 is 47.6 Å². The van der Waals surface area contributed by atoms with Crippen LogP contribution in [0.3, 0.4) is 0 Å². The minimum Gasteiger partial charge on any atom is -0.872 e. The van der Waals surface area contributed by atoms with Crippen LogP contribution in [0.25, 0.3) is 10.8 Å². The number of fused-ring (bicyclic) bond motifs is 1. The maximum absolute atomic E-state index is 11.1. The fourth-order valence-corrected chi connectivity index (χ4v) is 2.15. The average Bonchev–Trinajstić information content (AvgIpc) is 2.15. The summed E-state index contributed by atoms with van der Waals surface area (Å²) in [6.45, 7) is 0. The molecule has 0 radical (unpaired) electrons. The first-order valence-electron chi connectivity index (χ1n) is 4.16. The molecule has 0 atom stereocenters. The van der Waals surface area contributed by atoms with Crippen molar-refractivity contribution in [2.45, 2.75) is 4.90 Å². The molecule has 2 rings (SSSR count). The summed E-state index contributed by atoms with van der Waals surface area (Å²) in [6, 6.07) is 8.50. The van der Waals surface area contributed by atoms with Gasteiger partial charge >= 0.3 is 29.6 Å². The summed E-state index contributed by atoms with van der Waals surface area (Å²) in [7, 11) is -4.29. The van der Waals surface area contributed by atoms with Gasteiger partial charge in [-0.25, -0.2) is 0 Å². The van der Waals surface area contributed by atoms with Gasteiger partial charge in [-0.05, 0) is 11.5 Å². The smallest absolute Gasteiger partial charge is 0.872 e. The molecule has 0 aliphatic rings. The van der Waals surface area contributed by atoms with Crippen LogP contribution in [0.4, 0.5) is 0 Å². The first-order valence-corrected chi connectivity index (χ1v) is 5.60. The van der Waals surface area contributed by atoms with E-state index in [1.165, 1.54) is 30.3 Å². The summed E-state index contributed by atoms with van der Waals surface area (Å²) in [5, 5.41) is 11.9. The SMILES string of the molecule is O=S(=O)(O)c1cccc2ccc([O-])cc12.[Na+]. The minimum atomic E-state index is -4.29. The molecule has 78 valence electrons. The maximum Gasteiger partial charge on any atom is 1.00 e. The minimum absolute atomic E-state index is 0. The van der Waals surface area contributed by atoms with Crippen LogP contribution in [0.2, 0.25) is 0 Å². The van der Waals surface area contributed by atoms with Crippen molar-refractivity contribution >= 4 is 20.9 Å². The van der Waals surface area contributed by atoms with Crippen LogP contribution in [0, 0.1) is 0 Å². The van der Waals surface area contributed by atoms with Crippen molar-refractivity contribution in [1.82, 2.24) is 0 Å². The predicted molar refractivity (Wildman–Crippen MR) is 53.2 cm³/mol. The summed E-state index contributed by atoms with van der Waals surface area (Å²) in [6.07, 6.45) is 0. The largest absolute Gasteiger partial charge is 1.00 e. The summed E-state index contributed by atoms with van der Waals surface area (Å²) in [5.74, 6) is -0.293. The van der Waals surface area contributed by atoms with Crippen LogP contribution < -0.4 is 34.7 Å². The third-order valence-electron chi connectivity index (χ3n) is 2.09. The van der Waals surface area contributed by atoms with E-state index < -0.39 is 10.1 Å². The van der Waals surface area contributed by atoms with Gasteiger partial charge in [0.25, 0.3) is 10.1 Å². The van der Waals surface area contributed by atoms with Crippen LogP contribution in [0.1, 0.15) is 0 Å². The van der Waals surface area contributed by atoms with Crippen molar-refractivity contribution in [3.8, 4) is 5.75 Å². The number of hydrogen-bond donors (Lipinski definition) is 1. The summed E-state index contributed by atoms with van der Waals surface area (Å²) >= 11 is 0. The molecule has 0 bridgehead atoms. The van der Waals surface area contributed by atoms with Gasteiger partial charge in [-0.3, -0.25) is 4.55 Å². The molecule has 6 heteroatoms. The molecule has 0 aromatic heterocycles. The molecule has 0 unspecified atom stereocenters. The molecule has 16 heavy (non-hydrogen) atoms. The Bertz CT molecular complexity index is 622. The predicted octanol–water partition coefficient (Wildman–Crippen LogP) is -1.84. The molecule has 2 aromatic carbocycles. The van der Waals surface area contributed by atoms with Gasteiger partial charge in [-0.2, -0.15) is 8.42 Å². The van der Waals surface area contributed by atoms with Gasteiger partial charge in [0.1, 0.15) is 4.90 Å². The molecule has 0 amide bonds. The van der Waals surface area contributed by atoms with Gasteiger partial charge in [-0.1, -0.05) is 30.3 Å². The van der Waals surface area contributed by atoms with Crippen LogP contribution in [-0.4, -0.2) is 13.0 Å². The van der Waals surface area contributed by atoms with Crippen molar-refractivity contribution in [1.29, 1.82) is 0 Å². The summed E-state index contributed by atoms with van der Waals surface area (Å²) in [5.41, 5.74) is 0. The van der Waals surface area contributed by atoms with E-state index in [0.717, 1.165) is 0 Å². The molecule has 2 aromatic rings. The van der Waals surface area contributed by atoms with E-state index in [2.05, 4.69) is 0 Å². The monoisotopic (exact) mass is 246 g/mol. The number of rotatable bonds is 1. The van der Waals surface area contributed by atoms with Crippen LogP contribution in [0.5, 0.6) is 5.75 Å². The topological polar surface area (TPSA) is 77.4 Å². The Hall–Kier alpha value is -0.590. The Labute approximate surface area is 115 Å². The zero-order valence-electron chi connectivity index (χ0n) is 8.54. The second kappa shape index (κ2) is 4.73. The molecule has 4 nitrogen and oxygen atoms in total. The van der Waals surface area contributed by atoms with Gasteiger partial charge < -0.3 is 5.11 Å². The zero-order valence-corrected chi connectivity index (χ0v) is 11.4. The Morgan fingerprint density at radius 1 is 1.12 bits per heavy atom. The first-order chi connectivity index (χ1) is 6.98. The molecule has 0 spiro atoms. The Morgan fingerprint density at radius 3 is 2.44 bits per heavy atom. The fourth-order valence-electron chi connectivity index (χ4n) is 1.45. The third-order valence-corrected chi connectivity index (χ3v) is 3.00. The van der Waals surface area contributed by atoms with Gasteiger partial charge in [0.2, 0.25) is 0 Å². The van der Waals surface area contributed by atoms with Gasteiger partial charge in [0, 0.05) is 5.39 Å². The van der Waals surface area contributed by atoms with Crippen LogP contribution in [0.15, 0.2) is 41.3 Å². The molecule has 0 aliphatic carbocycles. The molecule has 0 aliphatic heterocycles. The molecular weight excluding hydrogens is 239 g/mol. The standard InChI is InChI=1S/C10H8O4S.Na/c11-8-5-4-7-2-1-3-10(9(7)6-8)15(12,13)14;/h1-6,11H,(H,12,13,14);/q;+1/p-1. The second-order valence-corrected chi connectivity index (χ2v) is 4.50. The molecule has 0 saturated heterocycles. The molecule has 0 heterocycles. The summed E-state index contributed by atoms with van der Waals surface area (Å²) < 4.78 is 31.0. The zero-order chi connectivity index (χ0) is 11.1. The Kier molecular flexibility index (Phi) is 3.98. The van der Waals surface area contributed by atoms with E-state index in [1.54, 1.807) is 6.07 Å².